The zero-order valence-electron chi connectivity index (χ0n) is 11.4. The van der Waals surface area contributed by atoms with E-state index in [1.54, 1.807) is 12.1 Å². The summed E-state index contributed by atoms with van der Waals surface area (Å²) in [6, 6.07) is 13.0. The molecule has 0 unspecified atom stereocenters. The van der Waals surface area contributed by atoms with Crippen molar-refractivity contribution in [2.75, 3.05) is 5.43 Å². The van der Waals surface area contributed by atoms with Gasteiger partial charge in [-0.1, -0.05) is 30.3 Å². The first-order chi connectivity index (χ1) is 10.2. The van der Waals surface area contributed by atoms with Gasteiger partial charge in [0.25, 0.3) is 0 Å². The van der Waals surface area contributed by atoms with Crippen LogP contribution in [0.3, 0.4) is 0 Å². The molecule has 106 valence electrons. The van der Waals surface area contributed by atoms with Gasteiger partial charge in [-0.25, -0.2) is 10.8 Å². The Hall–Kier alpha value is -2.93. The minimum atomic E-state index is 0.364. The molecule has 0 saturated heterocycles. The van der Waals surface area contributed by atoms with Crippen LogP contribution >= 0.6 is 0 Å². The molecule has 7 nitrogen and oxygen atoms in total. The lowest BCUT2D eigenvalue weighted by Crippen LogP contribution is -2.09. The van der Waals surface area contributed by atoms with E-state index >= 15 is 0 Å². The molecule has 3 rings (SSSR count). The lowest BCUT2D eigenvalue weighted by Gasteiger charge is -2.07. The maximum absolute atomic E-state index is 5.61. The van der Waals surface area contributed by atoms with E-state index in [4.69, 9.17) is 10.6 Å². The number of ether oxygens (including phenoxy) is 1. The van der Waals surface area contributed by atoms with Crippen LogP contribution in [0.2, 0.25) is 0 Å². The highest BCUT2D eigenvalue weighted by Gasteiger charge is 2.09. The van der Waals surface area contributed by atoms with E-state index in [0.29, 0.717) is 23.4 Å². The van der Waals surface area contributed by atoms with E-state index in [1.165, 1.54) is 0 Å². The summed E-state index contributed by atoms with van der Waals surface area (Å²) in [5, 5.41) is 6.81. The molecule has 2 aromatic heterocycles. The van der Waals surface area contributed by atoms with Crippen LogP contribution in [0, 0.1) is 6.92 Å². The Morgan fingerprint density at radius 1 is 1.10 bits per heavy atom. The number of nitrogens with two attached hydrogens (primary N) is 1. The number of hydrogen-bond acceptors (Lipinski definition) is 6. The van der Waals surface area contributed by atoms with Crippen molar-refractivity contribution in [1.29, 1.82) is 0 Å². The minimum Gasteiger partial charge on any atom is -0.419 e. The van der Waals surface area contributed by atoms with Crippen LogP contribution in [0.5, 0.6) is 11.8 Å². The maximum atomic E-state index is 5.61. The van der Waals surface area contributed by atoms with E-state index in [0.717, 1.165) is 11.3 Å². The molecule has 21 heavy (non-hydrogen) atoms. The SMILES string of the molecule is Cc1cc(Oc2cc(NN)nc(-c3ccccc3)n2)n[nH]1. The Kier molecular flexibility index (Phi) is 3.48. The Morgan fingerprint density at radius 3 is 2.57 bits per heavy atom. The van der Waals surface area contributed by atoms with E-state index in [-0.39, 0.29) is 0 Å². The Morgan fingerprint density at radius 2 is 1.90 bits per heavy atom. The quantitative estimate of drug-likeness (QED) is 0.501. The number of aromatic amines is 1. The molecule has 0 bridgehead atoms. The molecule has 0 spiro atoms. The number of H-pyrrole nitrogens is 1. The molecule has 0 saturated carbocycles. The van der Waals surface area contributed by atoms with Crippen LogP contribution in [-0.4, -0.2) is 20.2 Å². The van der Waals surface area contributed by atoms with Crippen molar-refractivity contribution in [3.63, 3.8) is 0 Å². The molecule has 0 amide bonds. The molecule has 3 aromatic rings. The smallest absolute Gasteiger partial charge is 0.240 e. The molecule has 2 heterocycles. The number of nitrogens with one attached hydrogen (secondary N) is 2. The van der Waals surface area contributed by atoms with Gasteiger partial charge >= 0.3 is 0 Å². The number of anilines is 1. The average molecular weight is 282 g/mol. The summed E-state index contributed by atoms with van der Waals surface area (Å²) in [5.74, 6) is 7.23. The standard InChI is InChI=1S/C14H14N6O/c1-9-7-13(20-19-9)21-12-8-11(18-15)16-14(17-12)10-5-3-2-4-6-10/h2-8H,15H2,1H3,(H,19,20)(H,16,17,18). The molecule has 0 atom stereocenters. The molecule has 0 fully saturated rings. The van der Waals surface area contributed by atoms with E-state index < -0.39 is 0 Å². The molecular weight excluding hydrogens is 268 g/mol. The van der Waals surface area contributed by atoms with Crippen molar-refractivity contribution in [2.24, 2.45) is 5.84 Å². The van der Waals surface area contributed by atoms with Crippen molar-refractivity contribution in [2.45, 2.75) is 6.92 Å². The summed E-state index contributed by atoms with van der Waals surface area (Å²) in [7, 11) is 0. The Labute approximate surface area is 121 Å². The molecule has 7 heteroatoms. The fourth-order valence-corrected chi connectivity index (χ4v) is 1.82. The number of hydrogen-bond donors (Lipinski definition) is 3. The zero-order valence-corrected chi connectivity index (χ0v) is 11.4. The topological polar surface area (TPSA) is 102 Å². The van der Waals surface area contributed by atoms with Crippen molar-refractivity contribution in [1.82, 2.24) is 20.2 Å². The molecule has 4 N–H and O–H groups in total. The third-order valence-corrected chi connectivity index (χ3v) is 2.77. The Bertz CT molecular complexity index is 740. The van der Waals surface area contributed by atoms with Crippen molar-refractivity contribution >= 4 is 5.82 Å². The van der Waals surface area contributed by atoms with Crippen LogP contribution in [0.4, 0.5) is 5.82 Å². The molecule has 0 radical (unpaired) electrons. The first-order valence-corrected chi connectivity index (χ1v) is 6.35. The van der Waals surface area contributed by atoms with Crippen LogP contribution in [-0.2, 0) is 0 Å². The number of aryl methyl sites for hydroxylation is 1. The molecular formula is C14H14N6O. The highest BCUT2D eigenvalue weighted by atomic mass is 16.5. The number of benzene rings is 1. The van der Waals surface area contributed by atoms with E-state index in [2.05, 4.69) is 25.6 Å². The average Bonchev–Trinajstić information content (AvgIpc) is 2.93. The van der Waals surface area contributed by atoms with Gasteiger partial charge in [0, 0.05) is 23.4 Å². The van der Waals surface area contributed by atoms with Crippen LogP contribution < -0.4 is 16.0 Å². The van der Waals surface area contributed by atoms with Gasteiger partial charge in [-0.05, 0) is 6.92 Å². The Balaban J connectivity index is 1.97. The number of nitrogens with zero attached hydrogens (tertiary/aromatic N) is 3. The highest BCUT2D eigenvalue weighted by Crippen LogP contribution is 2.24. The summed E-state index contributed by atoms with van der Waals surface area (Å²) in [6.07, 6.45) is 0. The maximum Gasteiger partial charge on any atom is 0.240 e. The van der Waals surface area contributed by atoms with Crippen molar-refractivity contribution < 1.29 is 4.74 Å². The second kappa shape index (κ2) is 5.59. The number of rotatable bonds is 4. The fourth-order valence-electron chi connectivity index (χ4n) is 1.82. The van der Waals surface area contributed by atoms with Crippen molar-refractivity contribution in [3.05, 3.63) is 48.2 Å². The van der Waals surface area contributed by atoms with E-state index in [1.807, 2.05) is 37.3 Å². The predicted octanol–water partition coefficient (Wildman–Crippen LogP) is 2.25. The number of hydrazine groups is 1. The molecule has 0 aliphatic rings. The van der Waals surface area contributed by atoms with Gasteiger partial charge in [0.15, 0.2) is 5.82 Å². The lowest BCUT2D eigenvalue weighted by molar-refractivity contribution is 0.443. The third-order valence-electron chi connectivity index (χ3n) is 2.77. The van der Waals surface area contributed by atoms with E-state index in [9.17, 15) is 0 Å². The lowest BCUT2D eigenvalue weighted by atomic mass is 10.2. The minimum absolute atomic E-state index is 0.364. The van der Waals surface area contributed by atoms with Gasteiger partial charge in [0.1, 0.15) is 5.82 Å². The van der Waals surface area contributed by atoms with Crippen molar-refractivity contribution in [3.8, 4) is 23.1 Å². The second-order valence-corrected chi connectivity index (χ2v) is 4.42. The van der Waals surface area contributed by atoms with Gasteiger partial charge in [0.05, 0.1) is 0 Å². The molecule has 1 aromatic carbocycles. The van der Waals surface area contributed by atoms with Gasteiger partial charge in [0.2, 0.25) is 11.8 Å². The molecule has 0 aliphatic carbocycles. The van der Waals surface area contributed by atoms with Crippen LogP contribution in [0.1, 0.15) is 5.69 Å². The summed E-state index contributed by atoms with van der Waals surface area (Å²) >= 11 is 0. The van der Waals surface area contributed by atoms with Crippen LogP contribution in [0.15, 0.2) is 42.5 Å². The van der Waals surface area contributed by atoms with Gasteiger partial charge in [-0.15, -0.1) is 5.10 Å². The fraction of sp³-hybridized carbons (Fsp3) is 0.0714. The van der Waals surface area contributed by atoms with Crippen LogP contribution in [0.25, 0.3) is 11.4 Å². The second-order valence-electron chi connectivity index (χ2n) is 4.42. The number of aromatic nitrogens is 4. The summed E-state index contributed by atoms with van der Waals surface area (Å²) in [6.45, 7) is 1.89. The zero-order chi connectivity index (χ0) is 14.7. The van der Waals surface area contributed by atoms with Gasteiger partial charge < -0.3 is 10.2 Å². The largest absolute Gasteiger partial charge is 0.419 e. The first kappa shape index (κ1) is 13.1. The summed E-state index contributed by atoms with van der Waals surface area (Å²) < 4.78 is 5.61. The monoisotopic (exact) mass is 282 g/mol. The summed E-state index contributed by atoms with van der Waals surface area (Å²) in [5.41, 5.74) is 4.28. The highest BCUT2D eigenvalue weighted by molar-refractivity contribution is 5.58. The predicted molar refractivity (Wildman–Crippen MR) is 78.7 cm³/mol. The normalized spacial score (nSPS) is 10.4. The van der Waals surface area contributed by atoms with Gasteiger partial charge in [-0.3, -0.25) is 5.10 Å². The third kappa shape index (κ3) is 2.98. The van der Waals surface area contributed by atoms with Gasteiger partial charge in [-0.2, -0.15) is 4.98 Å². The first-order valence-electron chi connectivity index (χ1n) is 6.35. The molecule has 0 aliphatic heterocycles. The summed E-state index contributed by atoms with van der Waals surface area (Å²) in [4.78, 5) is 8.69. The number of nitrogen functional groups attached to an aromatic ring is 1.